The van der Waals surface area contributed by atoms with Crippen molar-refractivity contribution in [2.75, 3.05) is 7.11 Å². The number of ether oxygens (including phenoxy) is 1. The summed E-state index contributed by atoms with van der Waals surface area (Å²) in [6.07, 6.45) is 1.43. The van der Waals surface area contributed by atoms with Gasteiger partial charge in [-0.1, -0.05) is 6.07 Å². The van der Waals surface area contributed by atoms with Crippen LogP contribution in [0.4, 0.5) is 8.78 Å². The third kappa shape index (κ3) is 3.41. The summed E-state index contributed by atoms with van der Waals surface area (Å²) in [4.78, 5) is 24.2. The maximum atomic E-state index is 13.9. The first-order chi connectivity index (χ1) is 11.4. The van der Waals surface area contributed by atoms with E-state index in [1.165, 1.54) is 16.8 Å². The minimum absolute atomic E-state index is 0.1000. The fourth-order valence-electron chi connectivity index (χ4n) is 2.17. The van der Waals surface area contributed by atoms with Crippen LogP contribution in [0.2, 0.25) is 0 Å². The second kappa shape index (κ2) is 6.91. The highest BCUT2D eigenvalue weighted by Gasteiger charge is 2.28. The minimum atomic E-state index is -1.46. The summed E-state index contributed by atoms with van der Waals surface area (Å²) in [5.74, 6) is -3.43. The lowest BCUT2D eigenvalue weighted by atomic mass is 10.1. The Hall–Kier alpha value is -3.21. The normalized spacial score (nSPS) is 11.5. The quantitative estimate of drug-likeness (QED) is 0.865. The molecule has 0 radical (unpaired) electrons. The average Bonchev–Trinajstić information content (AvgIpc) is 2.93. The lowest BCUT2D eigenvalue weighted by molar-refractivity contribution is -0.143. The molecule has 1 N–H and O–H groups in total. The van der Waals surface area contributed by atoms with E-state index in [-0.39, 0.29) is 16.8 Å². The predicted octanol–water partition coefficient (Wildman–Crippen LogP) is 1.82. The second-order valence-corrected chi connectivity index (χ2v) is 4.93. The summed E-state index contributed by atoms with van der Waals surface area (Å²) in [5, 5.41) is 11.2. The van der Waals surface area contributed by atoms with Gasteiger partial charge in [-0.15, -0.1) is 0 Å². The summed E-state index contributed by atoms with van der Waals surface area (Å²) in [6, 6.07) is 4.38. The van der Waals surface area contributed by atoms with Gasteiger partial charge in [0.1, 0.15) is 23.4 Å². The van der Waals surface area contributed by atoms with E-state index in [1.807, 2.05) is 6.07 Å². The Morgan fingerprint density at radius 1 is 1.33 bits per heavy atom. The molecular formula is C16H13F2N3O3. The van der Waals surface area contributed by atoms with Gasteiger partial charge in [0.2, 0.25) is 0 Å². The van der Waals surface area contributed by atoms with Gasteiger partial charge in [0.05, 0.1) is 12.7 Å². The van der Waals surface area contributed by atoms with Gasteiger partial charge in [-0.3, -0.25) is 4.79 Å². The Balaban J connectivity index is 2.36. The van der Waals surface area contributed by atoms with Crippen LogP contribution in [0.3, 0.4) is 0 Å². The van der Waals surface area contributed by atoms with E-state index in [9.17, 15) is 18.4 Å². The number of benzene rings is 1. The van der Waals surface area contributed by atoms with Gasteiger partial charge in [0.15, 0.2) is 6.04 Å². The zero-order valence-corrected chi connectivity index (χ0v) is 12.8. The van der Waals surface area contributed by atoms with Crippen LogP contribution in [0.5, 0.6) is 0 Å². The van der Waals surface area contributed by atoms with Crippen molar-refractivity contribution in [1.82, 2.24) is 9.88 Å². The topological polar surface area (TPSA) is 84.1 Å². The number of aryl methyl sites for hydroxylation is 1. The highest BCUT2D eigenvalue weighted by Crippen LogP contribution is 2.20. The molecule has 1 heterocycles. The van der Waals surface area contributed by atoms with Crippen LogP contribution >= 0.6 is 0 Å². The highest BCUT2D eigenvalue weighted by molar-refractivity contribution is 5.96. The summed E-state index contributed by atoms with van der Waals surface area (Å²) < 4.78 is 32.9. The van der Waals surface area contributed by atoms with Crippen molar-refractivity contribution in [3.05, 3.63) is 58.9 Å². The molecule has 0 bridgehead atoms. The first kappa shape index (κ1) is 17.1. The number of halogens is 2. The molecule has 8 heteroatoms. The lowest BCUT2D eigenvalue weighted by Gasteiger charge is -2.17. The number of hydrogen-bond donors (Lipinski definition) is 1. The van der Waals surface area contributed by atoms with Gasteiger partial charge in [-0.25, -0.2) is 13.6 Å². The Labute approximate surface area is 136 Å². The minimum Gasteiger partial charge on any atom is -0.467 e. The van der Waals surface area contributed by atoms with Gasteiger partial charge in [0.25, 0.3) is 5.91 Å². The fraction of sp³-hybridized carbons (Fsp3) is 0.188. The lowest BCUT2D eigenvalue weighted by Crippen LogP contribution is -2.36. The van der Waals surface area contributed by atoms with Gasteiger partial charge >= 0.3 is 5.97 Å². The van der Waals surface area contributed by atoms with Crippen LogP contribution in [-0.2, 0) is 16.6 Å². The molecule has 0 aliphatic heterocycles. The summed E-state index contributed by atoms with van der Waals surface area (Å²) in [7, 11) is 2.63. The molecule has 1 aromatic carbocycles. The molecule has 2 aromatic rings. The Bertz CT molecular complexity index is 840. The number of nitrogens with one attached hydrogen (secondary N) is 1. The van der Waals surface area contributed by atoms with E-state index in [2.05, 4.69) is 10.1 Å². The van der Waals surface area contributed by atoms with Crippen LogP contribution in [0.25, 0.3) is 0 Å². The number of carbonyl (C=O) groups is 2. The van der Waals surface area contributed by atoms with Crippen LogP contribution in [0, 0.1) is 23.0 Å². The van der Waals surface area contributed by atoms with Crippen LogP contribution in [0.15, 0.2) is 30.5 Å². The third-order valence-electron chi connectivity index (χ3n) is 3.35. The van der Waals surface area contributed by atoms with Crippen molar-refractivity contribution in [2.45, 2.75) is 6.04 Å². The van der Waals surface area contributed by atoms with E-state index in [1.54, 1.807) is 7.05 Å². The first-order valence-corrected chi connectivity index (χ1v) is 6.77. The number of nitrogens with zero attached hydrogens (tertiary/aromatic N) is 2. The largest absolute Gasteiger partial charge is 0.467 e. The Morgan fingerprint density at radius 2 is 2.04 bits per heavy atom. The second-order valence-electron chi connectivity index (χ2n) is 4.93. The predicted molar refractivity (Wildman–Crippen MR) is 78.7 cm³/mol. The number of aromatic nitrogens is 1. The van der Waals surface area contributed by atoms with E-state index >= 15 is 0 Å². The molecule has 2 rings (SSSR count). The molecule has 1 atom stereocenters. The molecule has 0 aliphatic carbocycles. The molecule has 0 aliphatic rings. The number of hydrogen-bond acceptors (Lipinski definition) is 4. The fourth-order valence-corrected chi connectivity index (χ4v) is 2.17. The standard InChI is InChI=1S/C16H13F2N3O3/c1-21-8-9(7-19)5-13(21)15(22)20-14(16(23)24-2)11-4-3-10(17)6-12(11)18/h3-6,8,14H,1-2H3,(H,20,22)/t14-/m1/s1. The van der Waals surface area contributed by atoms with Crippen LogP contribution in [0.1, 0.15) is 27.7 Å². The van der Waals surface area contributed by atoms with Crippen molar-refractivity contribution in [1.29, 1.82) is 5.26 Å². The van der Waals surface area contributed by atoms with E-state index in [0.717, 1.165) is 19.2 Å². The summed E-state index contributed by atoms with van der Waals surface area (Å²) in [6.45, 7) is 0. The monoisotopic (exact) mass is 333 g/mol. The molecule has 24 heavy (non-hydrogen) atoms. The number of amides is 1. The van der Waals surface area contributed by atoms with Crippen molar-refractivity contribution >= 4 is 11.9 Å². The number of esters is 1. The van der Waals surface area contributed by atoms with Crippen LogP contribution in [-0.4, -0.2) is 23.6 Å². The summed E-state index contributed by atoms with van der Waals surface area (Å²) in [5.41, 5.74) is 0.125. The molecule has 124 valence electrons. The number of nitriles is 1. The van der Waals surface area contributed by atoms with Crippen molar-refractivity contribution in [3.8, 4) is 6.07 Å². The molecular weight excluding hydrogens is 320 g/mol. The molecule has 0 saturated heterocycles. The van der Waals surface area contributed by atoms with Gasteiger partial charge in [-0.05, 0) is 12.1 Å². The molecule has 0 saturated carbocycles. The number of rotatable bonds is 4. The van der Waals surface area contributed by atoms with Crippen LogP contribution < -0.4 is 5.32 Å². The molecule has 0 fully saturated rings. The van der Waals surface area contributed by atoms with E-state index in [4.69, 9.17) is 5.26 Å². The molecule has 6 nitrogen and oxygen atoms in total. The van der Waals surface area contributed by atoms with E-state index in [0.29, 0.717) is 6.07 Å². The Morgan fingerprint density at radius 3 is 2.58 bits per heavy atom. The van der Waals surface area contributed by atoms with Gasteiger partial charge in [-0.2, -0.15) is 5.26 Å². The van der Waals surface area contributed by atoms with Gasteiger partial charge < -0.3 is 14.6 Å². The van der Waals surface area contributed by atoms with Crippen molar-refractivity contribution < 1.29 is 23.1 Å². The van der Waals surface area contributed by atoms with E-state index < -0.39 is 29.6 Å². The Kier molecular flexibility index (Phi) is 4.94. The van der Waals surface area contributed by atoms with Crippen molar-refractivity contribution in [2.24, 2.45) is 7.05 Å². The molecule has 1 aromatic heterocycles. The first-order valence-electron chi connectivity index (χ1n) is 6.77. The average molecular weight is 333 g/mol. The van der Waals surface area contributed by atoms with Gasteiger partial charge in [0, 0.05) is 24.9 Å². The SMILES string of the molecule is COC(=O)[C@H](NC(=O)c1cc(C#N)cn1C)c1ccc(F)cc1F. The number of methoxy groups -OCH3 is 1. The van der Waals surface area contributed by atoms with Crippen molar-refractivity contribution in [3.63, 3.8) is 0 Å². The maximum Gasteiger partial charge on any atom is 0.333 e. The zero-order chi connectivity index (χ0) is 17.9. The smallest absolute Gasteiger partial charge is 0.333 e. The third-order valence-corrected chi connectivity index (χ3v) is 3.35. The maximum absolute atomic E-state index is 13.9. The molecule has 0 spiro atoms. The molecule has 1 amide bonds. The number of carbonyl (C=O) groups excluding carboxylic acids is 2. The zero-order valence-electron chi connectivity index (χ0n) is 12.8. The highest BCUT2D eigenvalue weighted by atomic mass is 19.1. The summed E-state index contributed by atoms with van der Waals surface area (Å²) >= 11 is 0. The molecule has 0 unspecified atom stereocenters.